The predicted octanol–water partition coefficient (Wildman–Crippen LogP) is 4.98. The molecule has 4 rings (SSSR count). The second-order valence-electron chi connectivity index (χ2n) is 6.85. The maximum atomic E-state index is 10.8. The first-order valence-electron chi connectivity index (χ1n) is 9.42. The molecule has 0 aliphatic rings. The van der Waals surface area contributed by atoms with Crippen molar-refractivity contribution in [2.45, 2.75) is 6.42 Å². The van der Waals surface area contributed by atoms with E-state index in [-0.39, 0.29) is 5.84 Å². The van der Waals surface area contributed by atoms with E-state index in [0.717, 1.165) is 33.6 Å². The third-order valence-corrected chi connectivity index (χ3v) is 5.01. The molecule has 0 fully saturated rings. The Hall–Kier alpha value is -3.97. The van der Waals surface area contributed by atoms with Gasteiger partial charge in [-0.05, 0) is 41.5 Å². The predicted molar refractivity (Wildman–Crippen MR) is 120 cm³/mol. The van der Waals surface area contributed by atoms with E-state index in [0.29, 0.717) is 17.0 Å². The highest BCUT2D eigenvalue weighted by Crippen LogP contribution is 2.34. The van der Waals surface area contributed by atoms with Crippen molar-refractivity contribution < 1.29 is 9.90 Å². The molecule has 4 N–H and O–H groups in total. The van der Waals surface area contributed by atoms with E-state index in [1.165, 1.54) is 0 Å². The molecule has 8 heteroatoms. The molecule has 0 aliphatic carbocycles. The molecule has 154 valence electrons. The number of nitrogens with zero attached hydrogens (tertiary/aromatic N) is 2. The van der Waals surface area contributed by atoms with Crippen molar-refractivity contribution >= 4 is 23.5 Å². The van der Waals surface area contributed by atoms with Gasteiger partial charge in [-0.2, -0.15) is 5.10 Å². The lowest BCUT2D eigenvalue weighted by atomic mass is 9.96. The van der Waals surface area contributed by atoms with Crippen LogP contribution in [0.3, 0.4) is 0 Å². The molecule has 2 aromatic carbocycles. The van der Waals surface area contributed by atoms with Crippen molar-refractivity contribution in [3.63, 3.8) is 0 Å². The molecule has 4 aromatic rings. The van der Waals surface area contributed by atoms with Crippen LogP contribution >= 0.6 is 11.6 Å². The molecule has 1 amide bonds. The minimum atomic E-state index is -1.27. The molecule has 31 heavy (non-hydrogen) atoms. The van der Waals surface area contributed by atoms with Crippen molar-refractivity contribution in [2.75, 3.05) is 0 Å². The molecule has 0 aliphatic heterocycles. The van der Waals surface area contributed by atoms with Gasteiger partial charge in [0.1, 0.15) is 11.5 Å². The molecule has 0 saturated carbocycles. The van der Waals surface area contributed by atoms with Crippen LogP contribution in [0.1, 0.15) is 16.8 Å². The molecule has 0 bridgehead atoms. The lowest BCUT2D eigenvalue weighted by Gasteiger charge is -2.09. The second-order valence-corrected chi connectivity index (χ2v) is 7.29. The van der Waals surface area contributed by atoms with Crippen molar-refractivity contribution in [3.8, 4) is 22.4 Å². The number of carbonyl (C=O) groups is 1. The van der Waals surface area contributed by atoms with Gasteiger partial charge in [-0.3, -0.25) is 20.8 Å². The van der Waals surface area contributed by atoms with E-state index in [2.05, 4.69) is 20.5 Å². The SMILES string of the molecule is N=C(NC(=O)O)c1cccc(Cc2[nH]nc(-c3ccc(Cl)cc3)c2-c2ccncc2)c1. The van der Waals surface area contributed by atoms with Crippen LogP contribution in [0.15, 0.2) is 73.1 Å². The number of nitrogens with one attached hydrogen (secondary N) is 3. The summed E-state index contributed by atoms with van der Waals surface area (Å²) in [6.07, 6.45) is 2.72. The number of aromatic amines is 1. The average Bonchev–Trinajstić information content (AvgIpc) is 3.18. The number of aromatic nitrogens is 3. The molecular formula is C23H18ClN5O2. The standard InChI is InChI=1S/C23H18ClN5O2/c24-18-6-4-16(5-7-18)21-20(15-8-10-26-11-9-15)19(28-29-21)13-14-2-1-3-17(12-14)22(25)27-23(30)31/h1-12H,13H2,(H2,25,27)(H,28,29)(H,30,31). The number of benzene rings is 2. The number of hydrogen-bond acceptors (Lipinski definition) is 4. The van der Waals surface area contributed by atoms with Crippen molar-refractivity contribution in [3.05, 3.63) is 94.9 Å². The van der Waals surface area contributed by atoms with Gasteiger partial charge in [0, 0.05) is 46.2 Å². The van der Waals surface area contributed by atoms with Crippen LogP contribution in [0.5, 0.6) is 0 Å². The lowest BCUT2D eigenvalue weighted by molar-refractivity contribution is 0.200. The number of pyridine rings is 1. The highest BCUT2D eigenvalue weighted by atomic mass is 35.5. The fourth-order valence-corrected chi connectivity index (χ4v) is 3.50. The van der Waals surface area contributed by atoms with E-state index in [4.69, 9.17) is 22.1 Å². The Morgan fingerprint density at radius 2 is 1.81 bits per heavy atom. The van der Waals surface area contributed by atoms with Crippen LogP contribution in [0.25, 0.3) is 22.4 Å². The molecule has 0 saturated heterocycles. The van der Waals surface area contributed by atoms with Crippen LogP contribution < -0.4 is 5.32 Å². The number of amides is 1. The van der Waals surface area contributed by atoms with Crippen molar-refractivity contribution in [1.29, 1.82) is 5.41 Å². The highest BCUT2D eigenvalue weighted by molar-refractivity contribution is 6.30. The van der Waals surface area contributed by atoms with Gasteiger partial charge in [0.2, 0.25) is 0 Å². The fraction of sp³-hybridized carbons (Fsp3) is 0.0435. The number of carboxylic acid groups (broad SMARTS) is 1. The van der Waals surface area contributed by atoms with E-state index in [1.54, 1.807) is 30.6 Å². The fourth-order valence-electron chi connectivity index (χ4n) is 3.37. The molecule has 7 nitrogen and oxygen atoms in total. The Morgan fingerprint density at radius 1 is 1.06 bits per heavy atom. The van der Waals surface area contributed by atoms with Crippen LogP contribution in [0.4, 0.5) is 4.79 Å². The Kier molecular flexibility index (Phi) is 5.77. The molecule has 2 aromatic heterocycles. The number of hydrogen-bond donors (Lipinski definition) is 4. The zero-order valence-corrected chi connectivity index (χ0v) is 17.0. The summed E-state index contributed by atoms with van der Waals surface area (Å²) >= 11 is 6.04. The summed E-state index contributed by atoms with van der Waals surface area (Å²) in [5.74, 6) is -0.171. The Morgan fingerprint density at radius 3 is 2.52 bits per heavy atom. The summed E-state index contributed by atoms with van der Waals surface area (Å²) in [5, 5.41) is 27.2. The van der Waals surface area contributed by atoms with Gasteiger partial charge in [0.25, 0.3) is 0 Å². The van der Waals surface area contributed by atoms with Gasteiger partial charge in [-0.1, -0.05) is 41.9 Å². The first-order valence-corrected chi connectivity index (χ1v) is 9.80. The van der Waals surface area contributed by atoms with Crippen molar-refractivity contribution in [1.82, 2.24) is 20.5 Å². The zero-order valence-electron chi connectivity index (χ0n) is 16.3. The molecule has 2 heterocycles. The van der Waals surface area contributed by atoms with Crippen LogP contribution in [-0.2, 0) is 6.42 Å². The quantitative estimate of drug-likeness (QED) is 0.263. The third-order valence-electron chi connectivity index (χ3n) is 4.76. The van der Waals surface area contributed by atoms with Gasteiger partial charge < -0.3 is 5.11 Å². The third kappa shape index (κ3) is 4.62. The molecular weight excluding hydrogens is 414 g/mol. The van der Waals surface area contributed by atoms with E-state index >= 15 is 0 Å². The topological polar surface area (TPSA) is 115 Å². The van der Waals surface area contributed by atoms with Crippen LogP contribution in [-0.4, -0.2) is 32.2 Å². The van der Waals surface area contributed by atoms with E-state index in [9.17, 15) is 4.79 Å². The van der Waals surface area contributed by atoms with Gasteiger partial charge >= 0.3 is 6.09 Å². The maximum Gasteiger partial charge on any atom is 0.410 e. The summed E-state index contributed by atoms with van der Waals surface area (Å²) in [5.41, 5.74) is 5.95. The van der Waals surface area contributed by atoms with Gasteiger partial charge in [-0.15, -0.1) is 0 Å². The Labute approximate surface area is 183 Å². The highest BCUT2D eigenvalue weighted by Gasteiger charge is 2.17. The molecule has 0 atom stereocenters. The summed E-state index contributed by atoms with van der Waals surface area (Å²) < 4.78 is 0. The zero-order chi connectivity index (χ0) is 21.8. The number of H-pyrrole nitrogens is 1. The normalized spacial score (nSPS) is 10.6. The number of amidine groups is 1. The first-order chi connectivity index (χ1) is 15.0. The summed E-state index contributed by atoms with van der Waals surface area (Å²) in [4.78, 5) is 15.0. The molecule has 0 radical (unpaired) electrons. The van der Waals surface area contributed by atoms with Crippen LogP contribution in [0.2, 0.25) is 5.02 Å². The smallest absolute Gasteiger partial charge is 0.410 e. The van der Waals surface area contributed by atoms with Gasteiger partial charge in [0.05, 0.1) is 0 Å². The minimum absolute atomic E-state index is 0.171. The minimum Gasteiger partial charge on any atom is -0.465 e. The van der Waals surface area contributed by atoms with E-state index in [1.807, 2.05) is 42.5 Å². The van der Waals surface area contributed by atoms with Gasteiger partial charge in [-0.25, -0.2) is 4.79 Å². The molecule has 0 unspecified atom stereocenters. The van der Waals surface area contributed by atoms with E-state index < -0.39 is 6.09 Å². The average molecular weight is 432 g/mol. The largest absolute Gasteiger partial charge is 0.465 e. The Bertz CT molecular complexity index is 1240. The first kappa shape index (κ1) is 20.3. The lowest BCUT2D eigenvalue weighted by Crippen LogP contribution is -2.28. The van der Waals surface area contributed by atoms with Crippen molar-refractivity contribution in [2.24, 2.45) is 0 Å². The van der Waals surface area contributed by atoms with Gasteiger partial charge in [0.15, 0.2) is 0 Å². The summed E-state index contributed by atoms with van der Waals surface area (Å²) in [6.45, 7) is 0. The summed E-state index contributed by atoms with van der Waals surface area (Å²) in [6, 6.07) is 18.6. The monoisotopic (exact) mass is 431 g/mol. The molecule has 0 spiro atoms. The maximum absolute atomic E-state index is 10.8. The summed E-state index contributed by atoms with van der Waals surface area (Å²) in [7, 11) is 0. The van der Waals surface area contributed by atoms with Crippen LogP contribution in [0, 0.1) is 5.41 Å². The number of rotatable bonds is 5. The second kappa shape index (κ2) is 8.81. The number of halogens is 1. The Balaban J connectivity index is 1.73.